The molecule has 0 amide bonds. The quantitative estimate of drug-likeness (QED) is 0.442. The van der Waals surface area contributed by atoms with Gasteiger partial charge in [0.25, 0.3) is 0 Å². The number of aromatic amines is 1. The molecule has 4 nitrogen and oxygen atoms in total. The van der Waals surface area contributed by atoms with Crippen molar-refractivity contribution in [2.45, 2.75) is 0 Å². The maximum absolute atomic E-state index is 12.8. The number of anilines is 2. The highest BCUT2D eigenvalue weighted by molar-refractivity contribution is 7.22. The monoisotopic (exact) mass is 343 g/mol. The fraction of sp³-hybridized carbons (Fsp3) is 0. The summed E-state index contributed by atoms with van der Waals surface area (Å²) in [6, 6.07) is 21.3. The molecule has 0 spiro atoms. The molecule has 5 aromatic rings. The van der Waals surface area contributed by atoms with Crippen molar-refractivity contribution in [1.82, 2.24) is 9.97 Å². The first kappa shape index (κ1) is 14.2. The van der Waals surface area contributed by atoms with E-state index in [2.05, 4.69) is 21.4 Å². The molecule has 0 bridgehead atoms. The summed E-state index contributed by atoms with van der Waals surface area (Å²) in [6.07, 6.45) is 0. The molecule has 0 aliphatic carbocycles. The van der Waals surface area contributed by atoms with Gasteiger partial charge in [-0.3, -0.25) is 4.79 Å². The zero-order valence-electron chi connectivity index (χ0n) is 13.1. The van der Waals surface area contributed by atoms with Crippen LogP contribution < -0.4 is 10.7 Å². The molecule has 0 fully saturated rings. The molecule has 0 radical (unpaired) electrons. The highest BCUT2D eigenvalue weighted by Gasteiger charge is 2.10. The SMILES string of the molecule is O=c1c2ccccc2[nH]c2c(Nc3nc4ccccc4s3)cccc12. The lowest BCUT2D eigenvalue weighted by atomic mass is 10.1. The van der Waals surface area contributed by atoms with Gasteiger partial charge >= 0.3 is 0 Å². The van der Waals surface area contributed by atoms with Gasteiger partial charge in [0.05, 0.1) is 21.4 Å². The van der Waals surface area contributed by atoms with Crippen molar-refractivity contribution < 1.29 is 0 Å². The molecule has 0 saturated heterocycles. The summed E-state index contributed by atoms with van der Waals surface area (Å²) >= 11 is 1.59. The van der Waals surface area contributed by atoms with Crippen LogP contribution >= 0.6 is 11.3 Å². The third-order valence-corrected chi connectivity index (χ3v) is 5.23. The molecule has 25 heavy (non-hydrogen) atoms. The number of rotatable bonds is 2. The molecular weight excluding hydrogens is 330 g/mol. The number of fused-ring (bicyclic) bond motifs is 3. The Balaban J connectivity index is 1.71. The number of hydrogen-bond acceptors (Lipinski definition) is 4. The van der Waals surface area contributed by atoms with Crippen molar-refractivity contribution >= 4 is 54.2 Å². The predicted molar refractivity (Wildman–Crippen MR) is 105 cm³/mol. The van der Waals surface area contributed by atoms with Crippen molar-refractivity contribution in [3.8, 4) is 0 Å². The van der Waals surface area contributed by atoms with Crippen LogP contribution in [0.5, 0.6) is 0 Å². The Morgan fingerprint density at radius 1 is 0.880 bits per heavy atom. The van der Waals surface area contributed by atoms with Gasteiger partial charge < -0.3 is 10.3 Å². The number of nitrogens with one attached hydrogen (secondary N) is 2. The molecule has 0 aliphatic heterocycles. The standard InChI is InChI=1S/C20H13N3OS/c24-19-12-6-1-2-8-14(12)21-18-13(19)7-5-10-16(18)23-20-22-15-9-3-4-11-17(15)25-20/h1-11H,(H,21,24)(H,22,23). The van der Waals surface area contributed by atoms with Crippen LogP contribution in [0.15, 0.2) is 71.5 Å². The predicted octanol–water partition coefficient (Wildman–Crippen LogP) is 5.03. The van der Waals surface area contributed by atoms with E-state index in [0.29, 0.717) is 10.8 Å². The molecule has 0 unspecified atom stereocenters. The molecule has 0 atom stereocenters. The largest absolute Gasteiger partial charge is 0.353 e. The van der Waals surface area contributed by atoms with E-state index in [1.54, 1.807) is 11.3 Å². The Morgan fingerprint density at radius 2 is 1.68 bits per heavy atom. The molecule has 3 aromatic carbocycles. The molecule has 5 rings (SSSR count). The molecule has 2 aromatic heterocycles. The number of thiazole rings is 1. The number of para-hydroxylation sites is 3. The lowest BCUT2D eigenvalue weighted by Gasteiger charge is -2.08. The second-order valence-electron chi connectivity index (χ2n) is 5.84. The first-order valence-electron chi connectivity index (χ1n) is 7.96. The van der Waals surface area contributed by atoms with Crippen LogP contribution in [-0.2, 0) is 0 Å². The Hall–Kier alpha value is -3.18. The summed E-state index contributed by atoms with van der Waals surface area (Å²) in [6.45, 7) is 0. The summed E-state index contributed by atoms with van der Waals surface area (Å²) in [5.41, 5.74) is 3.48. The fourth-order valence-corrected chi connectivity index (χ4v) is 3.97. The zero-order valence-corrected chi connectivity index (χ0v) is 13.9. The topological polar surface area (TPSA) is 57.8 Å². The summed E-state index contributed by atoms with van der Waals surface area (Å²) in [4.78, 5) is 20.8. The number of nitrogens with zero attached hydrogens (tertiary/aromatic N) is 1. The van der Waals surface area contributed by atoms with Gasteiger partial charge in [-0.1, -0.05) is 41.7 Å². The summed E-state index contributed by atoms with van der Waals surface area (Å²) in [7, 11) is 0. The van der Waals surface area contributed by atoms with Gasteiger partial charge in [0.15, 0.2) is 10.6 Å². The normalized spacial score (nSPS) is 11.4. The second kappa shape index (κ2) is 5.43. The minimum atomic E-state index is 0.0392. The fourth-order valence-electron chi connectivity index (χ4n) is 3.09. The van der Waals surface area contributed by atoms with Gasteiger partial charge in [-0.2, -0.15) is 0 Å². The number of aromatic nitrogens is 2. The molecule has 0 saturated carbocycles. The van der Waals surface area contributed by atoms with E-state index in [0.717, 1.165) is 32.1 Å². The van der Waals surface area contributed by atoms with Crippen LogP contribution in [-0.4, -0.2) is 9.97 Å². The average Bonchev–Trinajstić information content (AvgIpc) is 3.05. The molecule has 5 heteroatoms. The molecule has 2 N–H and O–H groups in total. The highest BCUT2D eigenvalue weighted by Crippen LogP contribution is 2.30. The van der Waals surface area contributed by atoms with E-state index in [1.165, 1.54) is 0 Å². The number of benzene rings is 3. The van der Waals surface area contributed by atoms with E-state index in [4.69, 9.17) is 0 Å². The third kappa shape index (κ3) is 2.28. The molecule has 120 valence electrons. The summed E-state index contributed by atoms with van der Waals surface area (Å²) in [5.74, 6) is 0. The maximum Gasteiger partial charge on any atom is 0.197 e. The van der Waals surface area contributed by atoms with Crippen molar-refractivity contribution in [1.29, 1.82) is 0 Å². The van der Waals surface area contributed by atoms with Gasteiger partial charge in [-0.25, -0.2) is 4.98 Å². The zero-order chi connectivity index (χ0) is 16.8. The minimum Gasteiger partial charge on any atom is -0.353 e. The van der Waals surface area contributed by atoms with Gasteiger partial charge in [0.2, 0.25) is 0 Å². The van der Waals surface area contributed by atoms with E-state index >= 15 is 0 Å². The Kier molecular flexibility index (Phi) is 3.08. The van der Waals surface area contributed by atoms with Gasteiger partial charge in [-0.05, 0) is 36.4 Å². The average molecular weight is 343 g/mol. The summed E-state index contributed by atoms with van der Waals surface area (Å²) in [5, 5.41) is 5.55. The van der Waals surface area contributed by atoms with Gasteiger partial charge in [0.1, 0.15) is 0 Å². The van der Waals surface area contributed by atoms with E-state index < -0.39 is 0 Å². The van der Waals surface area contributed by atoms with Gasteiger partial charge in [0, 0.05) is 16.3 Å². The first-order valence-corrected chi connectivity index (χ1v) is 8.77. The first-order chi connectivity index (χ1) is 12.3. The molecule has 2 heterocycles. The van der Waals surface area contributed by atoms with Crippen LogP contribution in [0.2, 0.25) is 0 Å². The van der Waals surface area contributed by atoms with Crippen LogP contribution in [0.1, 0.15) is 0 Å². The van der Waals surface area contributed by atoms with Crippen LogP contribution in [0.4, 0.5) is 10.8 Å². The summed E-state index contributed by atoms with van der Waals surface area (Å²) < 4.78 is 1.13. The maximum atomic E-state index is 12.8. The highest BCUT2D eigenvalue weighted by atomic mass is 32.1. The smallest absolute Gasteiger partial charge is 0.197 e. The van der Waals surface area contributed by atoms with E-state index in [-0.39, 0.29) is 5.43 Å². The Bertz CT molecular complexity index is 1270. The van der Waals surface area contributed by atoms with Crippen LogP contribution in [0.3, 0.4) is 0 Å². The van der Waals surface area contributed by atoms with Crippen molar-refractivity contribution in [3.05, 3.63) is 77.0 Å². The van der Waals surface area contributed by atoms with E-state index in [1.807, 2.05) is 60.7 Å². The number of H-pyrrole nitrogens is 1. The van der Waals surface area contributed by atoms with Crippen LogP contribution in [0.25, 0.3) is 32.0 Å². The van der Waals surface area contributed by atoms with Gasteiger partial charge in [-0.15, -0.1) is 0 Å². The molecular formula is C20H13N3OS. The second-order valence-corrected chi connectivity index (χ2v) is 6.87. The minimum absolute atomic E-state index is 0.0392. The number of pyridine rings is 1. The Labute approximate surface area is 146 Å². The lowest BCUT2D eigenvalue weighted by Crippen LogP contribution is -2.05. The number of hydrogen-bond donors (Lipinski definition) is 2. The van der Waals surface area contributed by atoms with Crippen molar-refractivity contribution in [2.75, 3.05) is 5.32 Å². The lowest BCUT2D eigenvalue weighted by molar-refractivity contribution is 1.43. The van der Waals surface area contributed by atoms with E-state index in [9.17, 15) is 4.79 Å². The van der Waals surface area contributed by atoms with Crippen molar-refractivity contribution in [3.63, 3.8) is 0 Å². The Morgan fingerprint density at radius 3 is 2.60 bits per heavy atom. The molecule has 0 aliphatic rings. The van der Waals surface area contributed by atoms with Crippen molar-refractivity contribution in [2.24, 2.45) is 0 Å². The van der Waals surface area contributed by atoms with Crippen LogP contribution in [0, 0.1) is 0 Å². The third-order valence-electron chi connectivity index (χ3n) is 4.28.